The first-order valence-corrected chi connectivity index (χ1v) is 42.8. The van der Waals surface area contributed by atoms with Crippen LogP contribution >= 0.6 is 15.9 Å². The van der Waals surface area contributed by atoms with E-state index in [0.29, 0.717) is 62.1 Å². The highest BCUT2D eigenvalue weighted by Gasteiger charge is 2.36. The van der Waals surface area contributed by atoms with Crippen molar-refractivity contribution in [3.63, 3.8) is 0 Å². The first-order valence-electron chi connectivity index (χ1n) is 42.0. The van der Waals surface area contributed by atoms with Gasteiger partial charge in [0, 0.05) is 76.8 Å². The number of nitrogens with zero attached hydrogens (tertiary/aromatic N) is 12. The van der Waals surface area contributed by atoms with E-state index in [1.165, 1.54) is 197 Å². The summed E-state index contributed by atoms with van der Waals surface area (Å²) in [5, 5.41) is 40.5. The van der Waals surface area contributed by atoms with Gasteiger partial charge in [0.15, 0.2) is 80.3 Å². The highest BCUT2D eigenvalue weighted by molar-refractivity contribution is 9.10. The van der Waals surface area contributed by atoms with Gasteiger partial charge >= 0.3 is 48.8 Å². The zero-order chi connectivity index (χ0) is 109. The summed E-state index contributed by atoms with van der Waals surface area (Å²) in [5.41, 5.74) is 5.52. The van der Waals surface area contributed by atoms with Crippen molar-refractivity contribution in [1.82, 2.24) is 60.0 Å². The van der Waals surface area contributed by atoms with Gasteiger partial charge in [-0.05, 0) is 100 Å². The van der Waals surface area contributed by atoms with Crippen LogP contribution in [0.1, 0.15) is 85.8 Å². The van der Waals surface area contributed by atoms with Crippen LogP contribution in [-0.4, -0.2) is 169 Å². The Labute approximate surface area is 843 Å². The average Bonchev–Trinajstić information content (AvgIpc) is 1.77. The standard InChI is InChI=1S/C26H23F3N4O5.C18H14F3N3O4.C17H13F3N4O4.C17H12F3N3O4.C10H7F3N2O.C8H8BrNO3/c1-33(37-15-16-4-10-20(35-2)11-5-16)24(34)23-21(36-3)12-19(13-30-23)32-25-31-14-22(38-25)17-6-8-18(9-7-17)26(27,28)29;1-26-13-7-12(8-22-15(13)16(25)27-2)24-17-23-9-14(28-17)10-3-5-11(6-4-10)18(19,20)21;1-24(27)15(26)14-12(25)6-11(7-21-14)23-16-22-8-13(28-16)9-2-4-10(5-3-9)17(18,19)20;1-26-12-6-11(7-21-14(12)15(24)25)23-16-22-8-13(27-16)9-2-4-10(5-3-9)17(18,19)20;11-10(12,13)7-3-1-6(2-4-7)8-5-15-9(14)16-8;1-12-6-3-5(9)4-10-7(6)8(11)13-2/h4-14H,15H2,1-3H3,(H,31,32);3-9H,1-2H3,(H,23,24);2-8,25,27H,1H3,(H,22,23);2-8H,1H3,(H,22,23)(H,24,25);1-5H,(H2,14,15);3-4H,1-2H3. The Morgan fingerprint density at radius 2 is 0.640 bits per heavy atom. The predicted octanol–water partition coefficient (Wildman–Crippen LogP) is 22.5. The summed E-state index contributed by atoms with van der Waals surface area (Å²) in [6.07, 6.45) is -8.53. The third kappa shape index (κ3) is 30.6. The molecule has 0 saturated heterocycles. The van der Waals surface area contributed by atoms with Crippen LogP contribution in [0.3, 0.4) is 0 Å². The molecule has 0 atom stereocenters. The van der Waals surface area contributed by atoms with Crippen LogP contribution in [0.25, 0.3) is 56.6 Å². The highest BCUT2D eigenvalue weighted by Crippen LogP contribution is 2.40. The van der Waals surface area contributed by atoms with Crippen LogP contribution in [-0.2, 0) is 51.8 Å². The van der Waals surface area contributed by atoms with Crippen LogP contribution in [0.2, 0.25) is 0 Å². The fourth-order valence-electron chi connectivity index (χ4n) is 12.2. The number of nitrogens with one attached hydrogen (secondary N) is 4. The molecule has 16 rings (SSSR count). The average molecular weight is 2170 g/mol. The van der Waals surface area contributed by atoms with Gasteiger partial charge in [0.2, 0.25) is 0 Å². The van der Waals surface area contributed by atoms with Gasteiger partial charge in [-0.25, -0.2) is 74.3 Å². The SMILES string of the molecule is CN(O)C(=O)c1ncc(Nc2ncc(-c3ccc(C(F)(F)F)cc3)o2)cc1O.COC(=O)c1ncc(Br)cc1OC.COC(=O)c1ncc(Nc2ncc(-c3ccc(C(F)(F)F)cc3)o2)cc1OC.COc1cc(Nc2ncc(-c3ccc(C(F)(F)F)cc3)o2)cnc1C(=O)O.COc1ccc(CON(C)C(=O)c2ncc(Nc3ncc(-c4ccc(C(F)(F)F)cc4)o3)cc2OC)cc1.Nc1ncc(-c2ccc(C(F)(F)F)cc2)o1. The fraction of sp³-hybridized carbons (Fsp3) is 0.156. The minimum absolute atomic E-state index is 0.00514. The first-order chi connectivity index (χ1) is 71.1. The number of oxazole rings is 5. The molecule has 0 spiro atoms. The van der Waals surface area contributed by atoms with Crippen molar-refractivity contribution in [3.8, 4) is 91.1 Å². The lowest BCUT2D eigenvalue weighted by molar-refractivity contribution is -0.138. The smallest absolute Gasteiger partial charge is 0.416 e. The number of nitrogens with two attached hydrogens (primary N) is 1. The second-order valence-corrected chi connectivity index (χ2v) is 30.6. The molecule has 10 heterocycles. The Morgan fingerprint density at radius 3 is 0.933 bits per heavy atom. The van der Waals surface area contributed by atoms with Crippen LogP contribution in [0, 0.1) is 0 Å². The molecule has 2 amide bonds. The number of pyridine rings is 5. The topological polar surface area (TPSA) is 495 Å². The van der Waals surface area contributed by atoms with Gasteiger partial charge in [-0.1, -0.05) is 72.8 Å². The van der Waals surface area contributed by atoms with Crippen molar-refractivity contribution >= 4 is 98.5 Å². The van der Waals surface area contributed by atoms with Crippen molar-refractivity contribution in [2.24, 2.45) is 0 Å². The molecule has 9 N–H and O–H groups in total. The number of benzene rings is 6. The number of rotatable bonds is 26. The molecule has 6 aromatic carbocycles. The number of aromatic nitrogens is 10. The number of carboxylic acids is 1. The van der Waals surface area contributed by atoms with Crippen LogP contribution in [0.15, 0.2) is 264 Å². The van der Waals surface area contributed by atoms with Crippen molar-refractivity contribution in [1.29, 1.82) is 0 Å². The number of methoxy groups -OCH3 is 7. The Hall–Kier alpha value is -18.4. The third-order valence-electron chi connectivity index (χ3n) is 19.7. The van der Waals surface area contributed by atoms with E-state index in [4.69, 9.17) is 66.7 Å². The minimum Gasteiger partial charge on any atom is -0.505 e. The van der Waals surface area contributed by atoms with Crippen LogP contribution < -0.4 is 50.7 Å². The lowest BCUT2D eigenvalue weighted by Gasteiger charge is -2.18. The molecular formula is C96H77BrF15N17O21. The highest BCUT2D eigenvalue weighted by atomic mass is 79.9. The summed E-state index contributed by atoms with van der Waals surface area (Å²) in [4.78, 5) is 103. The molecule has 0 bridgehead atoms. The van der Waals surface area contributed by atoms with Gasteiger partial charge in [-0.15, -0.1) is 0 Å². The van der Waals surface area contributed by atoms with Gasteiger partial charge in [-0.3, -0.25) is 19.6 Å². The van der Waals surface area contributed by atoms with Crippen molar-refractivity contribution in [2.45, 2.75) is 37.5 Å². The lowest BCUT2D eigenvalue weighted by atomic mass is 10.1. The molecule has 0 saturated carbocycles. The number of carbonyl (C=O) groups excluding carboxylic acids is 4. The van der Waals surface area contributed by atoms with Crippen molar-refractivity contribution in [2.75, 3.05) is 90.9 Å². The Kier molecular flexibility index (Phi) is 36.9. The van der Waals surface area contributed by atoms with E-state index in [1.54, 1.807) is 25.3 Å². The van der Waals surface area contributed by atoms with E-state index in [9.17, 15) is 94.9 Å². The van der Waals surface area contributed by atoms with Crippen molar-refractivity contribution in [3.05, 3.63) is 304 Å². The van der Waals surface area contributed by atoms with Gasteiger partial charge in [0.25, 0.3) is 41.9 Å². The lowest BCUT2D eigenvalue weighted by Crippen LogP contribution is -2.28. The number of halogens is 16. The Balaban J connectivity index is 0.000000175. The zero-order valence-electron chi connectivity index (χ0n) is 78.4. The summed E-state index contributed by atoms with van der Waals surface area (Å²) < 4.78 is 251. The third-order valence-corrected chi connectivity index (χ3v) is 20.1. The van der Waals surface area contributed by atoms with Gasteiger partial charge in [0.1, 0.15) is 18.1 Å². The fourth-order valence-corrected chi connectivity index (χ4v) is 12.5. The van der Waals surface area contributed by atoms with Crippen LogP contribution in [0.5, 0.6) is 34.5 Å². The molecular weight excluding hydrogens is 2090 g/mol. The number of aromatic hydroxyl groups is 1. The molecule has 0 aliphatic carbocycles. The number of alkyl halides is 15. The normalized spacial score (nSPS) is 11.1. The summed E-state index contributed by atoms with van der Waals surface area (Å²) in [6, 6.07) is 37.1. The van der Waals surface area contributed by atoms with Crippen LogP contribution in [0.4, 0.5) is 119 Å². The van der Waals surface area contributed by atoms with Gasteiger partial charge in [-0.2, -0.15) is 65.9 Å². The minimum atomic E-state index is -4.43. The second kappa shape index (κ2) is 49.5. The summed E-state index contributed by atoms with van der Waals surface area (Å²) in [7, 11) is 12.2. The summed E-state index contributed by atoms with van der Waals surface area (Å²) in [5.74, 6) is -1.43. The molecule has 784 valence electrons. The number of carbonyl (C=O) groups is 5. The maximum atomic E-state index is 12.9. The summed E-state index contributed by atoms with van der Waals surface area (Å²) in [6.45, 7) is 0.152. The van der Waals surface area contributed by atoms with Crippen molar-refractivity contribution < 1.29 is 165 Å². The van der Waals surface area contributed by atoms with Gasteiger partial charge < -0.3 is 92.5 Å². The number of ether oxygens (including phenoxy) is 7. The molecule has 54 heteroatoms. The number of amides is 2. The largest absolute Gasteiger partial charge is 0.505 e. The number of aromatic carboxylic acids is 1. The number of hydroxylamine groups is 4. The molecule has 16 aromatic rings. The zero-order valence-corrected chi connectivity index (χ0v) is 80.0. The molecule has 10 aromatic heterocycles. The molecule has 0 radical (unpaired) electrons. The number of hydrogen-bond donors (Lipinski definition) is 8. The Bertz CT molecular complexity index is 7300. The maximum Gasteiger partial charge on any atom is 0.416 e. The number of hydrogen-bond acceptors (Lipinski definition) is 35. The molecule has 0 fully saturated rings. The molecule has 0 unspecified atom stereocenters. The number of nitrogen functional groups attached to an aromatic ring is 1. The van der Waals surface area contributed by atoms with Gasteiger partial charge in [0.05, 0.1) is 156 Å². The predicted molar refractivity (Wildman–Crippen MR) is 502 cm³/mol. The van der Waals surface area contributed by atoms with E-state index >= 15 is 0 Å². The molecule has 0 aliphatic rings. The van der Waals surface area contributed by atoms with E-state index in [-0.39, 0.29) is 116 Å². The quantitative estimate of drug-likeness (QED) is 0.0108. The molecule has 0 aliphatic heterocycles. The van der Waals surface area contributed by atoms with E-state index in [1.807, 2.05) is 12.1 Å². The number of anilines is 9. The van der Waals surface area contributed by atoms with E-state index in [2.05, 4.69) is 96.5 Å². The second-order valence-electron chi connectivity index (χ2n) is 29.7. The number of esters is 2. The first kappa shape index (κ1) is 112. The monoisotopic (exact) mass is 2170 g/mol. The van der Waals surface area contributed by atoms with E-state index < -0.39 is 94.2 Å². The maximum absolute atomic E-state index is 12.9. The Morgan fingerprint density at radius 1 is 0.353 bits per heavy atom. The molecule has 38 nitrogen and oxygen atoms in total. The number of carboxylic acid groups (broad SMARTS) is 1. The summed E-state index contributed by atoms with van der Waals surface area (Å²) >= 11 is 3.21. The van der Waals surface area contributed by atoms with E-state index in [0.717, 1.165) is 82.8 Å². The molecule has 150 heavy (non-hydrogen) atoms.